The molecule has 2 N–H and O–H groups in total. The Hall–Kier alpha value is -1.64. The van der Waals surface area contributed by atoms with Gasteiger partial charge < -0.3 is 10.4 Å². The highest BCUT2D eigenvalue weighted by atomic mass is 32.2. The molecule has 0 unspecified atom stereocenters. The van der Waals surface area contributed by atoms with Crippen LogP contribution in [0, 0.1) is 0 Å². The van der Waals surface area contributed by atoms with Gasteiger partial charge in [0, 0.05) is 0 Å². The van der Waals surface area contributed by atoms with Crippen LogP contribution in [-0.4, -0.2) is 49.0 Å². The summed E-state index contributed by atoms with van der Waals surface area (Å²) >= 11 is 1.22. The predicted molar refractivity (Wildman–Crippen MR) is 66.7 cm³/mol. The van der Waals surface area contributed by atoms with Crippen LogP contribution in [0.3, 0.4) is 0 Å². The van der Waals surface area contributed by atoms with Crippen molar-refractivity contribution >= 4 is 23.6 Å². The summed E-state index contributed by atoms with van der Waals surface area (Å²) in [5.41, 5.74) is 0. The van der Waals surface area contributed by atoms with E-state index in [0.29, 0.717) is 17.6 Å². The van der Waals surface area contributed by atoms with Crippen molar-refractivity contribution in [2.45, 2.75) is 43.4 Å². The first-order valence-corrected chi connectivity index (χ1v) is 7.03. The normalized spacial score (nSPS) is 16.1. The third-order valence-corrected chi connectivity index (χ3v) is 3.66. The largest absolute Gasteiger partial charge is 0.480 e. The van der Waals surface area contributed by atoms with E-state index in [2.05, 4.69) is 20.8 Å². The Bertz CT molecular complexity index is 473. The number of carboxylic acid groups (broad SMARTS) is 1. The van der Waals surface area contributed by atoms with Crippen molar-refractivity contribution in [2.24, 2.45) is 0 Å². The minimum absolute atomic E-state index is 0.108. The lowest BCUT2D eigenvalue weighted by Crippen LogP contribution is -2.41. The molecule has 1 aliphatic rings. The summed E-state index contributed by atoms with van der Waals surface area (Å²) in [5.74, 6) is -1.25. The molecule has 1 atom stereocenters. The summed E-state index contributed by atoms with van der Waals surface area (Å²) in [7, 11) is 0. The third-order valence-electron chi connectivity index (χ3n) is 2.73. The average molecular weight is 285 g/mol. The molecule has 0 radical (unpaired) electrons. The van der Waals surface area contributed by atoms with Crippen LogP contribution in [0.15, 0.2) is 5.16 Å². The fourth-order valence-corrected chi connectivity index (χ4v) is 2.29. The lowest BCUT2D eigenvalue weighted by molar-refractivity contribution is -0.141. The minimum atomic E-state index is -1.02. The second kappa shape index (κ2) is 6.00. The van der Waals surface area contributed by atoms with Gasteiger partial charge in [0.05, 0.1) is 11.8 Å². The number of aromatic nitrogens is 4. The molecule has 0 bridgehead atoms. The van der Waals surface area contributed by atoms with E-state index in [-0.39, 0.29) is 11.7 Å². The van der Waals surface area contributed by atoms with E-state index >= 15 is 0 Å². The fourth-order valence-electron chi connectivity index (χ4n) is 1.53. The van der Waals surface area contributed by atoms with Crippen LogP contribution in [0.1, 0.15) is 32.2 Å². The molecule has 0 saturated heterocycles. The summed E-state index contributed by atoms with van der Waals surface area (Å²) < 4.78 is 1.71. The fraction of sp³-hybridized carbons (Fsp3) is 0.700. The molecule has 1 fully saturated rings. The summed E-state index contributed by atoms with van der Waals surface area (Å²) in [4.78, 5) is 22.4. The van der Waals surface area contributed by atoms with Gasteiger partial charge in [0.1, 0.15) is 6.04 Å². The second-order valence-electron chi connectivity index (χ2n) is 4.29. The molecule has 0 aliphatic heterocycles. The zero-order valence-electron chi connectivity index (χ0n) is 10.4. The summed E-state index contributed by atoms with van der Waals surface area (Å²) in [5, 5.41) is 23.2. The van der Waals surface area contributed by atoms with Crippen LogP contribution in [0.5, 0.6) is 0 Å². The van der Waals surface area contributed by atoms with Crippen LogP contribution < -0.4 is 5.32 Å². The molecule has 2 rings (SSSR count). The Kier molecular flexibility index (Phi) is 4.35. The molecular formula is C10H15N5O3S. The lowest BCUT2D eigenvalue weighted by Gasteiger charge is -2.11. The van der Waals surface area contributed by atoms with Crippen LogP contribution >= 0.6 is 11.8 Å². The minimum Gasteiger partial charge on any atom is -0.480 e. The van der Waals surface area contributed by atoms with Gasteiger partial charge in [-0.15, -0.1) is 5.10 Å². The van der Waals surface area contributed by atoms with Gasteiger partial charge in [-0.2, -0.15) is 0 Å². The molecule has 19 heavy (non-hydrogen) atoms. The number of carbonyl (C=O) groups is 2. The van der Waals surface area contributed by atoms with Gasteiger partial charge in [-0.05, 0) is 29.7 Å². The number of nitrogens with one attached hydrogen (secondary N) is 1. The standard InChI is InChI=1S/C10H15N5O3S/c1-2-7(9(17)18)11-8(16)5-19-10-12-13-14-15(10)6-3-4-6/h6-7H,2-5H2,1H3,(H,11,16)(H,17,18)/t7-/m0/s1. The molecule has 0 spiro atoms. The van der Waals surface area contributed by atoms with E-state index in [0.717, 1.165) is 12.8 Å². The van der Waals surface area contributed by atoms with Gasteiger partial charge in [0.25, 0.3) is 0 Å². The monoisotopic (exact) mass is 285 g/mol. The van der Waals surface area contributed by atoms with Crippen LogP contribution in [0.2, 0.25) is 0 Å². The Balaban J connectivity index is 1.82. The molecule has 1 aromatic rings. The second-order valence-corrected chi connectivity index (χ2v) is 5.23. The highest BCUT2D eigenvalue weighted by molar-refractivity contribution is 7.99. The van der Waals surface area contributed by atoms with Crippen molar-refractivity contribution in [1.29, 1.82) is 0 Å². The zero-order valence-corrected chi connectivity index (χ0v) is 11.3. The quantitative estimate of drug-likeness (QED) is 0.682. The Morgan fingerprint density at radius 2 is 2.32 bits per heavy atom. The average Bonchev–Trinajstić information content (AvgIpc) is 3.12. The topological polar surface area (TPSA) is 110 Å². The Morgan fingerprint density at radius 3 is 2.89 bits per heavy atom. The maximum Gasteiger partial charge on any atom is 0.326 e. The van der Waals surface area contributed by atoms with Gasteiger partial charge in [0.2, 0.25) is 11.1 Å². The van der Waals surface area contributed by atoms with E-state index in [1.807, 2.05) is 0 Å². The van der Waals surface area contributed by atoms with Crippen molar-refractivity contribution in [3.8, 4) is 0 Å². The van der Waals surface area contributed by atoms with Gasteiger partial charge in [-0.1, -0.05) is 18.7 Å². The first kappa shape index (κ1) is 13.8. The molecule has 104 valence electrons. The lowest BCUT2D eigenvalue weighted by atomic mass is 10.2. The molecule has 1 amide bonds. The molecule has 9 heteroatoms. The van der Waals surface area contributed by atoms with Crippen LogP contribution in [0.25, 0.3) is 0 Å². The maximum atomic E-state index is 11.6. The van der Waals surface area contributed by atoms with Crippen molar-refractivity contribution < 1.29 is 14.7 Å². The highest BCUT2D eigenvalue weighted by Gasteiger charge is 2.28. The van der Waals surface area contributed by atoms with Crippen molar-refractivity contribution in [2.75, 3.05) is 5.75 Å². The predicted octanol–water partition coefficient (Wildman–Crippen LogP) is 0.0795. The summed E-state index contributed by atoms with van der Waals surface area (Å²) in [6, 6.07) is -0.490. The smallest absolute Gasteiger partial charge is 0.326 e. The molecule has 8 nitrogen and oxygen atoms in total. The van der Waals surface area contributed by atoms with E-state index in [9.17, 15) is 9.59 Å². The molecule has 0 aromatic carbocycles. The van der Waals surface area contributed by atoms with Crippen LogP contribution in [-0.2, 0) is 9.59 Å². The highest BCUT2D eigenvalue weighted by Crippen LogP contribution is 2.36. The van der Waals surface area contributed by atoms with E-state index in [1.165, 1.54) is 11.8 Å². The summed E-state index contributed by atoms with van der Waals surface area (Å²) in [6.45, 7) is 1.71. The van der Waals surface area contributed by atoms with Gasteiger partial charge >= 0.3 is 5.97 Å². The first-order valence-electron chi connectivity index (χ1n) is 6.04. The van der Waals surface area contributed by atoms with Crippen molar-refractivity contribution in [3.63, 3.8) is 0 Å². The zero-order chi connectivity index (χ0) is 13.8. The molecule has 1 saturated carbocycles. The number of hydrogen-bond donors (Lipinski definition) is 2. The van der Waals surface area contributed by atoms with E-state index in [1.54, 1.807) is 11.6 Å². The number of aliphatic carboxylic acids is 1. The van der Waals surface area contributed by atoms with Gasteiger partial charge in [-0.3, -0.25) is 4.79 Å². The number of thioether (sulfide) groups is 1. The number of rotatable bonds is 7. The first-order chi connectivity index (χ1) is 9.11. The third kappa shape index (κ3) is 3.66. The molecule has 1 aliphatic carbocycles. The van der Waals surface area contributed by atoms with E-state index in [4.69, 9.17) is 5.11 Å². The maximum absolute atomic E-state index is 11.6. The Morgan fingerprint density at radius 1 is 1.58 bits per heavy atom. The van der Waals surface area contributed by atoms with Crippen molar-refractivity contribution in [1.82, 2.24) is 25.5 Å². The SMILES string of the molecule is CC[C@H](NC(=O)CSc1nnnn1C1CC1)C(=O)O. The molecule has 1 aromatic heterocycles. The number of nitrogens with zero attached hydrogens (tertiary/aromatic N) is 4. The summed E-state index contributed by atoms with van der Waals surface area (Å²) in [6.07, 6.45) is 2.47. The van der Waals surface area contributed by atoms with E-state index < -0.39 is 12.0 Å². The van der Waals surface area contributed by atoms with Gasteiger partial charge in [-0.25, -0.2) is 9.48 Å². The van der Waals surface area contributed by atoms with Crippen molar-refractivity contribution in [3.05, 3.63) is 0 Å². The molecular weight excluding hydrogens is 270 g/mol. The number of hydrogen-bond acceptors (Lipinski definition) is 6. The Labute approximate surface area is 113 Å². The molecule has 1 heterocycles. The van der Waals surface area contributed by atoms with Crippen LogP contribution in [0.4, 0.5) is 0 Å². The number of tetrazole rings is 1. The number of carboxylic acids is 1. The number of amides is 1. The van der Waals surface area contributed by atoms with Gasteiger partial charge in [0.15, 0.2) is 0 Å². The number of carbonyl (C=O) groups excluding carboxylic acids is 1.